The predicted molar refractivity (Wildman–Crippen MR) is 86.0 cm³/mol. The van der Waals surface area contributed by atoms with E-state index in [1.807, 2.05) is 5.20 Å². The zero-order valence-corrected chi connectivity index (χ0v) is 13.3. The van der Waals surface area contributed by atoms with Crippen molar-refractivity contribution in [1.82, 2.24) is 0 Å². The van der Waals surface area contributed by atoms with Crippen LogP contribution >= 0.6 is 0 Å². The van der Waals surface area contributed by atoms with Gasteiger partial charge in [0, 0.05) is 5.92 Å². The minimum Gasteiger partial charge on any atom is -0.0804 e. The Hall–Kier alpha value is -1.08. The van der Waals surface area contributed by atoms with Crippen molar-refractivity contribution in [2.45, 2.75) is 44.8 Å². The Morgan fingerprint density at radius 3 is 2.42 bits per heavy atom. The quantitative estimate of drug-likeness (QED) is 0.503. The van der Waals surface area contributed by atoms with Gasteiger partial charge in [0.25, 0.3) is 0 Å². The van der Waals surface area contributed by atoms with Crippen LogP contribution in [0.4, 0.5) is 0 Å². The lowest BCUT2D eigenvalue weighted by Gasteiger charge is -2.34. The summed E-state index contributed by atoms with van der Waals surface area (Å²) in [6, 6.07) is 11.1. The average Bonchev–Trinajstić information content (AvgIpc) is 2.85. The van der Waals surface area contributed by atoms with Gasteiger partial charge in [0.1, 0.15) is 0 Å². The zero-order valence-electron chi connectivity index (χ0n) is 12.3. The van der Waals surface area contributed by atoms with Crippen LogP contribution < -0.4 is 0 Å². The molecule has 1 saturated carbocycles. The van der Waals surface area contributed by atoms with Crippen molar-refractivity contribution in [3.8, 4) is 0 Å². The summed E-state index contributed by atoms with van der Waals surface area (Å²) >= 11 is 0. The monoisotopic (exact) mass is 268 g/mol. The summed E-state index contributed by atoms with van der Waals surface area (Å²) in [5, 5.41) is 1.82. The SMILES string of the molecule is C[Si](C)(C)C1=C2CCC[C@H]2C=C[C@H]1c1ccccc1. The molecule has 3 rings (SSSR count). The summed E-state index contributed by atoms with van der Waals surface area (Å²) in [5.41, 5.74) is 3.28. The molecule has 0 saturated heterocycles. The molecular weight excluding hydrogens is 244 g/mol. The van der Waals surface area contributed by atoms with Crippen molar-refractivity contribution in [2.75, 3.05) is 0 Å². The first kappa shape index (κ1) is 12.9. The first-order chi connectivity index (χ1) is 9.07. The molecule has 0 amide bonds. The van der Waals surface area contributed by atoms with Crippen molar-refractivity contribution >= 4 is 8.07 Å². The number of hydrogen-bond acceptors (Lipinski definition) is 0. The van der Waals surface area contributed by atoms with Crippen LogP contribution in [0.2, 0.25) is 19.6 Å². The van der Waals surface area contributed by atoms with E-state index in [1.165, 1.54) is 24.8 Å². The van der Waals surface area contributed by atoms with Crippen LogP contribution in [0.3, 0.4) is 0 Å². The van der Waals surface area contributed by atoms with Gasteiger partial charge in [-0.1, -0.05) is 72.9 Å². The minimum absolute atomic E-state index is 0.553. The smallest absolute Gasteiger partial charge is 0.0736 e. The van der Waals surface area contributed by atoms with Crippen molar-refractivity contribution < 1.29 is 0 Å². The summed E-state index contributed by atoms with van der Waals surface area (Å²) in [7, 11) is -1.26. The molecule has 0 nitrogen and oxygen atoms in total. The highest BCUT2D eigenvalue weighted by Gasteiger charge is 2.35. The van der Waals surface area contributed by atoms with E-state index in [0.717, 1.165) is 5.92 Å². The van der Waals surface area contributed by atoms with Crippen LogP contribution in [0.5, 0.6) is 0 Å². The number of hydrogen-bond donors (Lipinski definition) is 0. The third-order valence-corrected chi connectivity index (χ3v) is 6.82. The second-order valence-corrected chi connectivity index (χ2v) is 12.0. The number of rotatable bonds is 2. The summed E-state index contributed by atoms with van der Waals surface area (Å²) in [4.78, 5) is 0. The van der Waals surface area contributed by atoms with E-state index >= 15 is 0 Å². The first-order valence-electron chi connectivity index (χ1n) is 7.54. The molecule has 0 aliphatic heterocycles. The fraction of sp³-hybridized carbons (Fsp3) is 0.444. The molecule has 0 N–H and O–H groups in total. The molecule has 2 aliphatic carbocycles. The summed E-state index contributed by atoms with van der Waals surface area (Å²) in [6.07, 6.45) is 9.09. The molecule has 0 radical (unpaired) electrons. The Morgan fingerprint density at radius 2 is 1.74 bits per heavy atom. The van der Waals surface area contributed by atoms with Crippen LogP contribution in [0.15, 0.2) is 53.3 Å². The van der Waals surface area contributed by atoms with Gasteiger partial charge in [-0.15, -0.1) is 0 Å². The Balaban J connectivity index is 2.10. The van der Waals surface area contributed by atoms with E-state index in [1.54, 1.807) is 5.57 Å². The van der Waals surface area contributed by atoms with Gasteiger partial charge in [0.15, 0.2) is 0 Å². The summed E-state index contributed by atoms with van der Waals surface area (Å²) < 4.78 is 0. The Labute approximate surface area is 118 Å². The topological polar surface area (TPSA) is 0 Å². The fourth-order valence-corrected chi connectivity index (χ4v) is 6.32. The third kappa shape index (κ3) is 2.36. The minimum atomic E-state index is -1.26. The van der Waals surface area contributed by atoms with Gasteiger partial charge in [0.2, 0.25) is 0 Å². The van der Waals surface area contributed by atoms with Gasteiger partial charge in [-0.3, -0.25) is 0 Å². The molecule has 0 unspecified atom stereocenters. The largest absolute Gasteiger partial charge is 0.0804 e. The van der Waals surface area contributed by atoms with E-state index in [4.69, 9.17) is 0 Å². The van der Waals surface area contributed by atoms with Crippen LogP contribution in [-0.4, -0.2) is 8.07 Å². The maximum atomic E-state index is 2.51. The van der Waals surface area contributed by atoms with Gasteiger partial charge in [-0.05, 0) is 30.7 Å². The lowest BCUT2D eigenvalue weighted by Crippen LogP contribution is -2.31. The zero-order chi connectivity index (χ0) is 13.5. The van der Waals surface area contributed by atoms with Gasteiger partial charge in [-0.2, -0.15) is 0 Å². The standard InChI is InChI=1S/C18H24Si/c1-19(2,3)18-16-11-7-10-15(16)12-13-17(18)14-8-5-4-6-9-14/h4-6,8-9,12-13,15,17H,7,10-11H2,1-3H3/t15-,17-/m0/s1. The summed E-state index contributed by atoms with van der Waals surface area (Å²) in [6.45, 7) is 7.54. The second-order valence-electron chi connectivity index (χ2n) is 6.96. The van der Waals surface area contributed by atoms with Gasteiger partial charge >= 0.3 is 0 Å². The van der Waals surface area contributed by atoms with Gasteiger partial charge in [0.05, 0.1) is 8.07 Å². The molecule has 0 aromatic heterocycles. The Bertz CT molecular complexity index is 516. The first-order valence-corrected chi connectivity index (χ1v) is 11.0. The average molecular weight is 268 g/mol. The van der Waals surface area contributed by atoms with Crippen molar-refractivity contribution in [3.63, 3.8) is 0 Å². The highest BCUT2D eigenvalue weighted by atomic mass is 28.3. The van der Waals surface area contributed by atoms with E-state index in [-0.39, 0.29) is 0 Å². The molecule has 2 aliphatic rings. The van der Waals surface area contributed by atoms with Gasteiger partial charge in [-0.25, -0.2) is 0 Å². The highest BCUT2D eigenvalue weighted by Crippen LogP contribution is 2.46. The maximum Gasteiger partial charge on any atom is 0.0736 e. The highest BCUT2D eigenvalue weighted by molar-refractivity contribution is 6.83. The fourth-order valence-electron chi connectivity index (χ4n) is 3.85. The predicted octanol–water partition coefficient (Wildman–Crippen LogP) is 5.31. The molecule has 19 heavy (non-hydrogen) atoms. The molecule has 100 valence electrons. The number of fused-ring (bicyclic) bond motifs is 1. The lowest BCUT2D eigenvalue weighted by atomic mass is 9.86. The lowest BCUT2D eigenvalue weighted by molar-refractivity contribution is 0.741. The molecule has 1 fully saturated rings. The molecule has 1 aromatic carbocycles. The molecule has 1 aromatic rings. The normalized spacial score (nSPS) is 26.7. The van der Waals surface area contributed by atoms with E-state index in [2.05, 4.69) is 62.1 Å². The maximum absolute atomic E-state index is 2.51. The van der Waals surface area contributed by atoms with Gasteiger partial charge < -0.3 is 0 Å². The van der Waals surface area contributed by atoms with Crippen molar-refractivity contribution in [1.29, 1.82) is 0 Å². The van der Waals surface area contributed by atoms with Crippen LogP contribution in [0, 0.1) is 5.92 Å². The Morgan fingerprint density at radius 1 is 1.00 bits per heavy atom. The Kier molecular flexibility index (Phi) is 3.26. The third-order valence-electron chi connectivity index (χ3n) is 4.57. The van der Waals surface area contributed by atoms with Crippen molar-refractivity contribution in [2.24, 2.45) is 5.92 Å². The molecule has 0 bridgehead atoms. The molecule has 0 heterocycles. The molecule has 1 heteroatoms. The van der Waals surface area contributed by atoms with E-state index < -0.39 is 8.07 Å². The van der Waals surface area contributed by atoms with Crippen molar-refractivity contribution in [3.05, 3.63) is 58.8 Å². The summed E-state index contributed by atoms with van der Waals surface area (Å²) in [5.74, 6) is 1.32. The van der Waals surface area contributed by atoms with Crippen LogP contribution in [0.25, 0.3) is 0 Å². The molecular formula is C18H24Si. The van der Waals surface area contributed by atoms with Crippen LogP contribution in [-0.2, 0) is 0 Å². The number of allylic oxidation sites excluding steroid dienone is 4. The van der Waals surface area contributed by atoms with Crippen LogP contribution in [0.1, 0.15) is 30.7 Å². The molecule has 0 spiro atoms. The second kappa shape index (κ2) is 4.79. The van der Waals surface area contributed by atoms with E-state index in [0.29, 0.717) is 5.92 Å². The molecule has 2 atom stereocenters. The number of benzene rings is 1. The van der Waals surface area contributed by atoms with E-state index in [9.17, 15) is 0 Å².